The van der Waals surface area contributed by atoms with Crippen LogP contribution in [0.5, 0.6) is 0 Å². The molecule has 0 heterocycles. The van der Waals surface area contributed by atoms with Crippen LogP contribution in [0.1, 0.15) is 20.3 Å². The average molecular weight is 180 g/mol. The van der Waals surface area contributed by atoms with Gasteiger partial charge >= 0.3 is 0 Å². The van der Waals surface area contributed by atoms with Crippen LogP contribution in [0.4, 0.5) is 0 Å². The van der Waals surface area contributed by atoms with Crippen molar-refractivity contribution in [2.24, 2.45) is 5.73 Å². The Hall–Kier alpha value is -0.130. The highest BCUT2D eigenvalue weighted by Crippen LogP contribution is 1.94. The van der Waals surface area contributed by atoms with Crippen LogP contribution in [0.3, 0.4) is 0 Å². The van der Waals surface area contributed by atoms with Gasteiger partial charge in [-0.3, -0.25) is 0 Å². The molecule has 0 aromatic rings. The van der Waals surface area contributed by atoms with E-state index < -0.39 is 15.3 Å². The van der Waals surface area contributed by atoms with Crippen molar-refractivity contribution in [3.63, 3.8) is 0 Å². The van der Waals surface area contributed by atoms with Crippen LogP contribution in [0, 0.1) is 0 Å². The summed E-state index contributed by atoms with van der Waals surface area (Å²) < 4.78 is 24.7. The molecule has 0 aliphatic rings. The quantitative estimate of drug-likeness (QED) is 0.608. The van der Waals surface area contributed by atoms with Crippen molar-refractivity contribution in [3.05, 3.63) is 0 Å². The lowest BCUT2D eigenvalue weighted by Gasteiger charge is -2.10. The van der Waals surface area contributed by atoms with E-state index in [4.69, 9.17) is 5.73 Å². The van der Waals surface area contributed by atoms with Crippen molar-refractivity contribution in [1.82, 2.24) is 4.72 Å². The summed E-state index contributed by atoms with van der Waals surface area (Å²) in [5.74, 6) is 0. The maximum absolute atomic E-state index is 11.1. The third-order valence-electron chi connectivity index (χ3n) is 1.41. The maximum atomic E-state index is 11.1. The molecule has 1 unspecified atom stereocenters. The van der Waals surface area contributed by atoms with Gasteiger partial charge in [-0.05, 0) is 13.3 Å². The maximum Gasteiger partial charge on any atom is 0.215 e. The molecule has 3 N–H and O–H groups in total. The van der Waals surface area contributed by atoms with E-state index in [0.29, 0.717) is 6.54 Å². The fourth-order valence-electron chi connectivity index (χ4n) is 0.513. The first-order valence-corrected chi connectivity index (χ1v) is 5.27. The summed E-state index contributed by atoms with van der Waals surface area (Å²) in [5.41, 5.74) is 5.21. The highest BCUT2D eigenvalue weighted by atomic mass is 32.2. The Morgan fingerprint density at radius 3 is 2.45 bits per heavy atom. The van der Waals surface area contributed by atoms with E-state index in [0.717, 1.165) is 6.42 Å². The van der Waals surface area contributed by atoms with Crippen LogP contribution in [0.15, 0.2) is 0 Å². The Morgan fingerprint density at radius 2 is 2.09 bits per heavy atom. The normalized spacial score (nSPS) is 14.8. The molecular weight excluding hydrogens is 164 g/mol. The minimum atomic E-state index is -3.15. The van der Waals surface area contributed by atoms with Gasteiger partial charge in [-0.25, -0.2) is 13.1 Å². The summed E-state index contributed by atoms with van der Waals surface area (Å²) >= 11 is 0. The van der Waals surface area contributed by atoms with Crippen LogP contribution in [0.25, 0.3) is 0 Å². The Balaban J connectivity index is 4.01. The first-order valence-electron chi connectivity index (χ1n) is 3.73. The molecule has 0 bridgehead atoms. The van der Waals surface area contributed by atoms with Crippen molar-refractivity contribution >= 4 is 10.0 Å². The van der Waals surface area contributed by atoms with Crippen molar-refractivity contribution in [3.8, 4) is 0 Å². The largest absolute Gasteiger partial charge is 0.329 e. The number of hydrogen-bond acceptors (Lipinski definition) is 3. The highest BCUT2D eigenvalue weighted by Gasteiger charge is 2.17. The highest BCUT2D eigenvalue weighted by molar-refractivity contribution is 7.90. The molecule has 4 nitrogen and oxygen atoms in total. The SMILES string of the molecule is CCCNS(=O)(=O)C(C)CN. The molecule has 0 saturated heterocycles. The molecular formula is C6H16N2O2S. The number of sulfonamides is 1. The zero-order valence-electron chi connectivity index (χ0n) is 7.00. The molecule has 68 valence electrons. The molecule has 0 amide bonds. The van der Waals surface area contributed by atoms with E-state index in [1.807, 2.05) is 6.92 Å². The zero-order chi connectivity index (χ0) is 8.91. The third kappa shape index (κ3) is 3.69. The van der Waals surface area contributed by atoms with E-state index in [9.17, 15) is 8.42 Å². The van der Waals surface area contributed by atoms with Gasteiger partial charge in [-0.1, -0.05) is 6.92 Å². The molecule has 5 heteroatoms. The smallest absolute Gasteiger partial charge is 0.215 e. The zero-order valence-corrected chi connectivity index (χ0v) is 7.82. The lowest BCUT2D eigenvalue weighted by atomic mass is 10.5. The molecule has 11 heavy (non-hydrogen) atoms. The Labute approximate surface area is 68.2 Å². The third-order valence-corrected chi connectivity index (χ3v) is 3.27. The Morgan fingerprint density at radius 1 is 1.55 bits per heavy atom. The van der Waals surface area contributed by atoms with Gasteiger partial charge in [-0.2, -0.15) is 0 Å². The predicted octanol–water partition coefficient (Wildman–Crippen LogP) is -0.337. The second-order valence-electron chi connectivity index (χ2n) is 2.49. The Kier molecular flexibility index (Phi) is 4.63. The van der Waals surface area contributed by atoms with Gasteiger partial charge in [0, 0.05) is 13.1 Å². The van der Waals surface area contributed by atoms with E-state index in [1.165, 1.54) is 0 Å². The van der Waals surface area contributed by atoms with Gasteiger partial charge < -0.3 is 5.73 Å². The predicted molar refractivity (Wildman–Crippen MR) is 45.7 cm³/mol. The first-order chi connectivity index (χ1) is 5.04. The van der Waals surface area contributed by atoms with Gasteiger partial charge in [0.15, 0.2) is 0 Å². The van der Waals surface area contributed by atoms with E-state index in [2.05, 4.69) is 4.72 Å². The molecule has 0 radical (unpaired) electrons. The van der Waals surface area contributed by atoms with E-state index in [1.54, 1.807) is 6.92 Å². The van der Waals surface area contributed by atoms with Crippen LogP contribution >= 0.6 is 0 Å². The minimum Gasteiger partial charge on any atom is -0.329 e. The first kappa shape index (κ1) is 10.9. The van der Waals surface area contributed by atoms with Crippen molar-refractivity contribution < 1.29 is 8.42 Å². The van der Waals surface area contributed by atoms with Crippen LogP contribution < -0.4 is 10.5 Å². The summed E-state index contributed by atoms with van der Waals surface area (Å²) in [6.07, 6.45) is 0.802. The summed E-state index contributed by atoms with van der Waals surface area (Å²) in [7, 11) is -3.15. The number of nitrogens with one attached hydrogen (secondary N) is 1. The number of rotatable bonds is 5. The lowest BCUT2D eigenvalue weighted by molar-refractivity contribution is 0.568. The van der Waals surface area contributed by atoms with Gasteiger partial charge in [0.05, 0.1) is 5.25 Å². The van der Waals surface area contributed by atoms with Crippen LogP contribution in [-0.4, -0.2) is 26.8 Å². The van der Waals surface area contributed by atoms with Crippen molar-refractivity contribution in [2.45, 2.75) is 25.5 Å². The molecule has 0 fully saturated rings. The molecule has 0 aliphatic carbocycles. The van der Waals surface area contributed by atoms with Crippen molar-refractivity contribution in [2.75, 3.05) is 13.1 Å². The van der Waals surface area contributed by atoms with E-state index in [-0.39, 0.29) is 6.54 Å². The standard InChI is InChI=1S/C6H16N2O2S/c1-3-4-8-11(9,10)6(2)5-7/h6,8H,3-5,7H2,1-2H3. The van der Waals surface area contributed by atoms with Gasteiger partial charge in [0.25, 0.3) is 0 Å². The molecule has 1 atom stereocenters. The van der Waals surface area contributed by atoms with Crippen LogP contribution in [0.2, 0.25) is 0 Å². The number of nitrogens with two attached hydrogens (primary N) is 1. The summed E-state index contributed by atoms with van der Waals surface area (Å²) in [6.45, 7) is 4.17. The van der Waals surface area contributed by atoms with E-state index >= 15 is 0 Å². The molecule has 0 aromatic heterocycles. The number of hydrogen-bond donors (Lipinski definition) is 2. The Bertz CT molecular complexity index is 189. The van der Waals surface area contributed by atoms with Crippen LogP contribution in [-0.2, 0) is 10.0 Å². The monoisotopic (exact) mass is 180 g/mol. The van der Waals surface area contributed by atoms with Gasteiger partial charge in [0.1, 0.15) is 0 Å². The topological polar surface area (TPSA) is 72.2 Å². The average Bonchev–Trinajstić information content (AvgIpc) is 1.99. The summed E-state index contributed by atoms with van der Waals surface area (Å²) in [6, 6.07) is 0. The minimum absolute atomic E-state index is 0.166. The van der Waals surface area contributed by atoms with Crippen molar-refractivity contribution in [1.29, 1.82) is 0 Å². The van der Waals surface area contributed by atoms with Gasteiger partial charge in [0.2, 0.25) is 10.0 Å². The molecule has 0 spiro atoms. The summed E-state index contributed by atoms with van der Waals surface area (Å²) in [4.78, 5) is 0. The molecule has 0 aromatic carbocycles. The van der Waals surface area contributed by atoms with Gasteiger partial charge in [-0.15, -0.1) is 0 Å². The molecule has 0 aliphatic heterocycles. The lowest BCUT2D eigenvalue weighted by Crippen LogP contribution is -2.37. The molecule has 0 saturated carbocycles. The second kappa shape index (κ2) is 4.69. The fraction of sp³-hybridized carbons (Fsp3) is 1.00. The summed E-state index contributed by atoms with van der Waals surface area (Å²) in [5, 5.41) is -0.492. The second-order valence-corrected chi connectivity index (χ2v) is 4.67. The fourth-order valence-corrected chi connectivity index (χ4v) is 1.54. The molecule has 0 rings (SSSR count).